The number of nitrogens with one attached hydrogen (secondary N) is 1. The predicted octanol–water partition coefficient (Wildman–Crippen LogP) is 3.63. The summed E-state index contributed by atoms with van der Waals surface area (Å²) in [4.78, 5) is 16.1. The molecule has 6 heteroatoms. The summed E-state index contributed by atoms with van der Waals surface area (Å²) in [6.07, 6.45) is 0.977. The highest BCUT2D eigenvalue weighted by Gasteiger charge is 2.30. The number of aryl methyl sites for hydroxylation is 1. The molecule has 0 aliphatic carbocycles. The molecule has 0 bridgehead atoms. The molecule has 3 heterocycles. The Morgan fingerprint density at radius 2 is 2.20 bits per heavy atom. The lowest BCUT2D eigenvalue weighted by atomic mass is 9.93. The lowest BCUT2D eigenvalue weighted by molar-refractivity contribution is -0.117. The van der Waals surface area contributed by atoms with E-state index in [-0.39, 0.29) is 11.9 Å². The molecular weight excluding hydrogens is 334 g/mol. The number of benzene rings is 1. The molecule has 1 aromatic carbocycles. The first-order valence-corrected chi connectivity index (χ1v) is 9.17. The van der Waals surface area contributed by atoms with Crippen LogP contribution in [0, 0.1) is 6.92 Å². The van der Waals surface area contributed by atoms with Crippen LogP contribution in [0.1, 0.15) is 27.7 Å². The van der Waals surface area contributed by atoms with Crippen LogP contribution in [0.15, 0.2) is 52.4 Å². The maximum absolute atomic E-state index is 12.5. The Morgan fingerprint density at radius 1 is 1.36 bits per heavy atom. The number of thiophene rings is 1. The molecule has 1 N–H and O–H groups in total. The Hall–Kier alpha value is -2.44. The van der Waals surface area contributed by atoms with Crippen molar-refractivity contribution in [3.05, 3.63) is 69.5 Å². The fourth-order valence-corrected chi connectivity index (χ4v) is 4.25. The fourth-order valence-electron chi connectivity index (χ4n) is 3.35. The zero-order valence-electron chi connectivity index (χ0n) is 13.9. The molecule has 3 aromatic rings. The third-order valence-electron chi connectivity index (χ3n) is 4.42. The summed E-state index contributed by atoms with van der Waals surface area (Å²) < 4.78 is 5.08. The first kappa shape index (κ1) is 16.1. The Balaban J connectivity index is 1.56. The number of nitrogens with zero attached hydrogens (tertiary/aromatic N) is 2. The number of amides is 1. The van der Waals surface area contributed by atoms with Crippen LogP contribution in [0.2, 0.25) is 0 Å². The molecule has 0 radical (unpaired) electrons. The predicted molar refractivity (Wildman–Crippen MR) is 97.8 cm³/mol. The van der Waals surface area contributed by atoms with Crippen molar-refractivity contribution >= 4 is 23.1 Å². The minimum atomic E-state index is -0.0873. The van der Waals surface area contributed by atoms with Crippen molar-refractivity contribution in [2.24, 2.45) is 0 Å². The molecule has 1 aliphatic heterocycles. The molecule has 1 aliphatic rings. The fraction of sp³-hybridized carbons (Fsp3) is 0.263. The number of hydrogen-bond acceptors (Lipinski definition) is 5. The van der Waals surface area contributed by atoms with E-state index in [4.69, 9.17) is 4.52 Å². The molecule has 0 saturated heterocycles. The molecule has 4 rings (SSSR count). The highest BCUT2D eigenvalue weighted by Crippen LogP contribution is 2.37. The first-order valence-electron chi connectivity index (χ1n) is 8.29. The van der Waals surface area contributed by atoms with Crippen molar-refractivity contribution in [2.75, 3.05) is 18.4 Å². The van der Waals surface area contributed by atoms with E-state index < -0.39 is 0 Å². The van der Waals surface area contributed by atoms with Crippen molar-refractivity contribution in [1.29, 1.82) is 0 Å². The third kappa shape index (κ3) is 3.36. The molecule has 1 atom stereocenters. The van der Waals surface area contributed by atoms with Gasteiger partial charge in [-0.15, -0.1) is 11.3 Å². The summed E-state index contributed by atoms with van der Waals surface area (Å²) in [5, 5.41) is 8.73. The van der Waals surface area contributed by atoms with Crippen molar-refractivity contribution in [1.82, 2.24) is 10.1 Å². The van der Waals surface area contributed by atoms with Crippen LogP contribution in [0.5, 0.6) is 0 Å². The van der Waals surface area contributed by atoms with Gasteiger partial charge in [0.15, 0.2) is 0 Å². The number of carbonyl (C=O) groups is 1. The van der Waals surface area contributed by atoms with E-state index in [2.05, 4.69) is 39.0 Å². The maximum Gasteiger partial charge on any atom is 0.240 e. The SMILES string of the molecule is Cc1cc(NC(=O)CN2CCc3sccc3C2c2ccccc2)on1. The summed E-state index contributed by atoms with van der Waals surface area (Å²) in [5.74, 6) is 0.308. The number of rotatable bonds is 4. The van der Waals surface area contributed by atoms with E-state index in [1.54, 1.807) is 17.4 Å². The van der Waals surface area contributed by atoms with Crippen LogP contribution in [0.3, 0.4) is 0 Å². The van der Waals surface area contributed by atoms with E-state index in [1.807, 2.05) is 25.1 Å². The summed E-state index contributed by atoms with van der Waals surface area (Å²) >= 11 is 1.80. The summed E-state index contributed by atoms with van der Waals surface area (Å²) in [7, 11) is 0. The topological polar surface area (TPSA) is 58.4 Å². The van der Waals surface area contributed by atoms with Gasteiger partial charge in [0.25, 0.3) is 0 Å². The summed E-state index contributed by atoms with van der Waals surface area (Å²) in [5.41, 5.74) is 3.27. The van der Waals surface area contributed by atoms with Gasteiger partial charge in [-0.05, 0) is 35.9 Å². The van der Waals surface area contributed by atoms with Crippen molar-refractivity contribution in [3.8, 4) is 0 Å². The Morgan fingerprint density at radius 3 is 2.96 bits per heavy atom. The largest absolute Gasteiger partial charge is 0.338 e. The van der Waals surface area contributed by atoms with Crippen molar-refractivity contribution in [3.63, 3.8) is 0 Å². The van der Waals surface area contributed by atoms with Gasteiger partial charge in [-0.2, -0.15) is 0 Å². The van der Waals surface area contributed by atoms with E-state index in [9.17, 15) is 4.79 Å². The van der Waals surface area contributed by atoms with Crippen LogP contribution < -0.4 is 5.32 Å². The highest BCUT2D eigenvalue weighted by atomic mass is 32.1. The van der Waals surface area contributed by atoms with Gasteiger partial charge in [0.2, 0.25) is 11.8 Å². The lowest BCUT2D eigenvalue weighted by Crippen LogP contribution is -2.40. The molecule has 25 heavy (non-hydrogen) atoms. The first-order chi connectivity index (χ1) is 12.2. The molecule has 1 unspecified atom stereocenters. The highest BCUT2D eigenvalue weighted by molar-refractivity contribution is 7.10. The van der Waals surface area contributed by atoms with Gasteiger partial charge >= 0.3 is 0 Å². The summed E-state index contributed by atoms with van der Waals surface area (Å²) in [6, 6.07) is 14.4. The second-order valence-corrected chi connectivity index (χ2v) is 7.21. The van der Waals surface area contributed by atoms with Crippen LogP contribution in [0.25, 0.3) is 0 Å². The third-order valence-corrected chi connectivity index (χ3v) is 5.41. The zero-order valence-corrected chi connectivity index (χ0v) is 14.8. The standard InChI is InChI=1S/C19H19N3O2S/c1-13-11-18(24-21-13)20-17(23)12-22-9-7-16-15(8-10-25-16)19(22)14-5-3-2-4-6-14/h2-6,8,10-11,19H,7,9,12H2,1H3,(H,20,23). The van der Waals surface area contributed by atoms with Gasteiger partial charge < -0.3 is 4.52 Å². The quantitative estimate of drug-likeness (QED) is 0.778. The van der Waals surface area contributed by atoms with Gasteiger partial charge in [-0.1, -0.05) is 35.5 Å². The van der Waals surface area contributed by atoms with E-state index in [0.717, 1.165) is 18.7 Å². The lowest BCUT2D eigenvalue weighted by Gasteiger charge is -2.35. The minimum Gasteiger partial charge on any atom is -0.338 e. The van der Waals surface area contributed by atoms with Gasteiger partial charge in [0.1, 0.15) is 0 Å². The average Bonchev–Trinajstić information content (AvgIpc) is 3.24. The minimum absolute atomic E-state index is 0.0873. The molecule has 128 valence electrons. The molecule has 5 nitrogen and oxygen atoms in total. The van der Waals surface area contributed by atoms with Crippen molar-refractivity contribution < 1.29 is 9.32 Å². The number of hydrogen-bond donors (Lipinski definition) is 1. The molecule has 1 amide bonds. The number of carbonyl (C=O) groups excluding carboxylic acids is 1. The molecular formula is C19H19N3O2S. The van der Waals surface area contributed by atoms with Crippen molar-refractivity contribution in [2.45, 2.75) is 19.4 Å². The maximum atomic E-state index is 12.5. The van der Waals surface area contributed by atoms with Gasteiger partial charge in [-0.25, -0.2) is 0 Å². The van der Waals surface area contributed by atoms with Crippen LogP contribution >= 0.6 is 11.3 Å². The molecule has 2 aromatic heterocycles. The van der Waals surface area contributed by atoms with Gasteiger partial charge in [-0.3, -0.25) is 15.0 Å². The number of anilines is 1. The zero-order chi connectivity index (χ0) is 17.2. The number of aromatic nitrogens is 1. The molecule has 0 fully saturated rings. The molecule has 0 spiro atoms. The van der Waals surface area contributed by atoms with Crippen LogP contribution in [-0.2, 0) is 11.2 Å². The second-order valence-electron chi connectivity index (χ2n) is 6.21. The Labute approximate surface area is 150 Å². The van der Waals surface area contributed by atoms with E-state index in [1.165, 1.54) is 16.0 Å². The second kappa shape index (κ2) is 6.82. The Kier molecular flexibility index (Phi) is 4.38. The van der Waals surface area contributed by atoms with Crippen LogP contribution in [0.4, 0.5) is 5.88 Å². The van der Waals surface area contributed by atoms with E-state index >= 15 is 0 Å². The number of fused-ring (bicyclic) bond motifs is 1. The smallest absolute Gasteiger partial charge is 0.240 e. The Bertz CT molecular complexity index is 872. The van der Waals surface area contributed by atoms with Gasteiger partial charge in [0.05, 0.1) is 18.3 Å². The average molecular weight is 353 g/mol. The summed E-state index contributed by atoms with van der Waals surface area (Å²) in [6.45, 7) is 3.00. The van der Waals surface area contributed by atoms with E-state index in [0.29, 0.717) is 12.4 Å². The van der Waals surface area contributed by atoms with Gasteiger partial charge in [0, 0.05) is 17.5 Å². The normalized spacial score (nSPS) is 17.2. The van der Waals surface area contributed by atoms with Crippen LogP contribution in [-0.4, -0.2) is 29.1 Å². The molecule has 0 saturated carbocycles. The monoisotopic (exact) mass is 353 g/mol.